The van der Waals surface area contributed by atoms with Crippen molar-refractivity contribution in [1.82, 2.24) is 15.3 Å². The van der Waals surface area contributed by atoms with E-state index < -0.39 is 11.0 Å². The average Bonchev–Trinajstić information content (AvgIpc) is 3.10. The van der Waals surface area contributed by atoms with Crippen LogP contribution < -0.4 is 16.4 Å². The van der Waals surface area contributed by atoms with Gasteiger partial charge < -0.3 is 16.4 Å². The Balaban J connectivity index is 2.18. The summed E-state index contributed by atoms with van der Waals surface area (Å²) in [6, 6.07) is -0.429. The third-order valence-electron chi connectivity index (χ3n) is 2.93. The van der Waals surface area contributed by atoms with E-state index in [0.717, 1.165) is 12.8 Å². The lowest BCUT2D eigenvalue weighted by Crippen LogP contribution is -2.39. The van der Waals surface area contributed by atoms with Crippen molar-refractivity contribution in [1.29, 1.82) is 0 Å². The fraction of sp³-hybridized carbons (Fsp3) is 0.545. The number of aryl methyl sites for hydroxylation is 1. The minimum atomic E-state index is -0.650. The molecule has 0 radical (unpaired) electrons. The van der Waals surface area contributed by atoms with E-state index in [0.29, 0.717) is 0 Å². The number of hydrogen-bond donors (Lipinski definition) is 3. The van der Waals surface area contributed by atoms with E-state index in [-0.39, 0.29) is 35.1 Å². The van der Waals surface area contributed by atoms with E-state index in [2.05, 4.69) is 20.6 Å². The summed E-state index contributed by atoms with van der Waals surface area (Å²) in [6.07, 6.45) is 1.94. The molecule has 1 aliphatic carbocycles. The van der Waals surface area contributed by atoms with Gasteiger partial charge in [-0.2, -0.15) is 4.98 Å². The SMILES string of the molecule is Cc1nc(N)nc(NC(C)C(=O)NC2CC2)c1[N+](=O)[O-]. The highest BCUT2D eigenvalue weighted by atomic mass is 16.6. The monoisotopic (exact) mass is 280 g/mol. The maximum atomic E-state index is 11.8. The van der Waals surface area contributed by atoms with Crippen LogP contribution >= 0.6 is 0 Å². The minimum absolute atomic E-state index is 0.0431. The van der Waals surface area contributed by atoms with Gasteiger partial charge in [0.15, 0.2) is 0 Å². The number of nitrogens with zero attached hydrogens (tertiary/aromatic N) is 3. The number of anilines is 2. The quantitative estimate of drug-likeness (QED) is 0.523. The first kappa shape index (κ1) is 14.0. The van der Waals surface area contributed by atoms with Crippen LogP contribution in [0.2, 0.25) is 0 Å². The maximum absolute atomic E-state index is 11.8. The number of nitro groups is 1. The molecule has 0 aliphatic heterocycles. The number of aromatic nitrogens is 2. The number of carbonyl (C=O) groups excluding carboxylic acids is 1. The number of hydrogen-bond acceptors (Lipinski definition) is 7. The van der Waals surface area contributed by atoms with Crippen molar-refractivity contribution in [3.8, 4) is 0 Å². The molecule has 0 bridgehead atoms. The summed E-state index contributed by atoms with van der Waals surface area (Å²) in [5.74, 6) is -0.347. The van der Waals surface area contributed by atoms with Gasteiger partial charge in [-0.25, -0.2) is 4.98 Å². The van der Waals surface area contributed by atoms with E-state index in [9.17, 15) is 14.9 Å². The van der Waals surface area contributed by atoms with Gasteiger partial charge in [-0.15, -0.1) is 0 Å². The summed E-state index contributed by atoms with van der Waals surface area (Å²) in [5.41, 5.74) is 5.37. The van der Waals surface area contributed by atoms with Crippen LogP contribution in [0, 0.1) is 17.0 Å². The lowest BCUT2D eigenvalue weighted by molar-refractivity contribution is -0.385. The maximum Gasteiger partial charge on any atom is 0.332 e. The molecule has 0 spiro atoms. The average molecular weight is 280 g/mol. The Hall–Kier alpha value is -2.45. The molecule has 0 saturated heterocycles. The Morgan fingerprint density at radius 3 is 2.70 bits per heavy atom. The van der Waals surface area contributed by atoms with Crippen LogP contribution in [0.5, 0.6) is 0 Å². The summed E-state index contributed by atoms with van der Waals surface area (Å²) in [6.45, 7) is 3.07. The van der Waals surface area contributed by atoms with Gasteiger partial charge in [-0.3, -0.25) is 14.9 Å². The first-order chi connectivity index (χ1) is 9.38. The second-order valence-corrected chi connectivity index (χ2v) is 4.77. The molecule has 1 aliphatic rings. The Morgan fingerprint density at radius 2 is 2.15 bits per heavy atom. The normalized spacial score (nSPS) is 15.5. The summed E-state index contributed by atoms with van der Waals surface area (Å²) in [5, 5.41) is 16.6. The smallest absolute Gasteiger partial charge is 0.332 e. The molecule has 2 rings (SSSR count). The van der Waals surface area contributed by atoms with Crippen molar-refractivity contribution >= 4 is 23.4 Å². The van der Waals surface area contributed by atoms with Gasteiger partial charge in [-0.1, -0.05) is 0 Å². The van der Waals surface area contributed by atoms with Gasteiger partial charge in [0.1, 0.15) is 11.7 Å². The summed E-state index contributed by atoms with van der Waals surface area (Å²) >= 11 is 0. The molecule has 1 amide bonds. The van der Waals surface area contributed by atoms with E-state index in [1.165, 1.54) is 6.92 Å². The summed E-state index contributed by atoms with van der Waals surface area (Å²) in [7, 11) is 0. The van der Waals surface area contributed by atoms with Crippen molar-refractivity contribution in [2.24, 2.45) is 0 Å². The van der Waals surface area contributed by atoms with Crippen LogP contribution in [-0.2, 0) is 4.79 Å². The number of nitrogens with one attached hydrogen (secondary N) is 2. The molecule has 1 fully saturated rings. The Labute approximate surface area is 115 Å². The predicted molar refractivity (Wildman–Crippen MR) is 72.1 cm³/mol. The zero-order valence-electron chi connectivity index (χ0n) is 11.2. The molecule has 4 N–H and O–H groups in total. The lowest BCUT2D eigenvalue weighted by Gasteiger charge is -2.15. The highest BCUT2D eigenvalue weighted by Crippen LogP contribution is 2.26. The second kappa shape index (κ2) is 5.27. The molecular weight excluding hydrogens is 264 g/mol. The van der Waals surface area contributed by atoms with Crippen LogP contribution in [0.4, 0.5) is 17.5 Å². The Morgan fingerprint density at radius 1 is 1.50 bits per heavy atom. The number of carbonyl (C=O) groups is 1. The van der Waals surface area contributed by atoms with E-state index in [4.69, 9.17) is 5.73 Å². The molecule has 1 aromatic rings. The molecule has 20 heavy (non-hydrogen) atoms. The molecule has 9 nitrogen and oxygen atoms in total. The number of rotatable bonds is 5. The van der Waals surface area contributed by atoms with Crippen LogP contribution in [-0.4, -0.2) is 32.9 Å². The van der Waals surface area contributed by atoms with Crippen LogP contribution in [0.1, 0.15) is 25.5 Å². The number of nitrogens with two attached hydrogens (primary N) is 1. The molecule has 1 unspecified atom stereocenters. The highest BCUT2D eigenvalue weighted by Gasteiger charge is 2.28. The number of amides is 1. The topological polar surface area (TPSA) is 136 Å². The highest BCUT2D eigenvalue weighted by molar-refractivity contribution is 5.85. The van der Waals surface area contributed by atoms with Crippen molar-refractivity contribution in [3.63, 3.8) is 0 Å². The molecular formula is C11H16N6O3. The molecule has 9 heteroatoms. The fourth-order valence-corrected chi connectivity index (χ4v) is 1.73. The van der Waals surface area contributed by atoms with Crippen LogP contribution in [0.15, 0.2) is 0 Å². The molecule has 1 heterocycles. The lowest BCUT2D eigenvalue weighted by atomic mass is 10.2. The van der Waals surface area contributed by atoms with Crippen molar-refractivity contribution in [3.05, 3.63) is 15.8 Å². The van der Waals surface area contributed by atoms with E-state index in [1.807, 2.05) is 0 Å². The Kier molecular flexibility index (Phi) is 3.68. The largest absolute Gasteiger partial charge is 0.368 e. The second-order valence-electron chi connectivity index (χ2n) is 4.77. The van der Waals surface area contributed by atoms with Gasteiger partial charge in [0, 0.05) is 6.04 Å². The van der Waals surface area contributed by atoms with E-state index >= 15 is 0 Å². The van der Waals surface area contributed by atoms with Gasteiger partial charge in [0.2, 0.25) is 17.7 Å². The number of nitrogen functional groups attached to an aromatic ring is 1. The predicted octanol–water partition coefficient (Wildman–Crippen LogP) is 0.354. The van der Waals surface area contributed by atoms with E-state index in [1.54, 1.807) is 6.92 Å². The van der Waals surface area contributed by atoms with Crippen LogP contribution in [0.25, 0.3) is 0 Å². The minimum Gasteiger partial charge on any atom is -0.368 e. The molecule has 1 aromatic heterocycles. The third-order valence-corrected chi connectivity index (χ3v) is 2.93. The van der Waals surface area contributed by atoms with Gasteiger partial charge in [-0.05, 0) is 26.7 Å². The van der Waals surface area contributed by atoms with Crippen molar-refractivity contribution in [2.75, 3.05) is 11.1 Å². The van der Waals surface area contributed by atoms with Crippen molar-refractivity contribution < 1.29 is 9.72 Å². The summed E-state index contributed by atoms with van der Waals surface area (Å²) < 4.78 is 0. The Bertz CT molecular complexity index is 557. The molecule has 1 atom stereocenters. The zero-order chi connectivity index (χ0) is 14.9. The van der Waals surface area contributed by atoms with Gasteiger partial charge in [0.25, 0.3) is 0 Å². The van der Waals surface area contributed by atoms with Crippen molar-refractivity contribution in [2.45, 2.75) is 38.8 Å². The molecule has 1 saturated carbocycles. The standard InChI is InChI=1S/C11H16N6O3/c1-5-8(17(19)20)9(16-11(12)14-5)13-6(2)10(18)15-7-3-4-7/h6-7H,3-4H2,1-2H3,(H,15,18)(H3,12,13,14,16). The first-order valence-electron chi connectivity index (χ1n) is 6.24. The third kappa shape index (κ3) is 3.11. The van der Waals surface area contributed by atoms with Crippen LogP contribution in [0.3, 0.4) is 0 Å². The molecule has 0 aromatic carbocycles. The first-order valence-corrected chi connectivity index (χ1v) is 6.24. The fourth-order valence-electron chi connectivity index (χ4n) is 1.73. The zero-order valence-corrected chi connectivity index (χ0v) is 11.2. The van der Waals surface area contributed by atoms with Gasteiger partial charge >= 0.3 is 5.69 Å². The summed E-state index contributed by atoms with van der Waals surface area (Å²) in [4.78, 5) is 29.8. The van der Waals surface area contributed by atoms with Gasteiger partial charge in [0.05, 0.1) is 4.92 Å². The molecule has 108 valence electrons.